The minimum absolute atomic E-state index is 0.221. The number of aryl methyl sites for hydroxylation is 1. The van der Waals surface area contributed by atoms with Crippen molar-refractivity contribution in [1.82, 2.24) is 9.55 Å². The van der Waals surface area contributed by atoms with Crippen molar-refractivity contribution in [3.8, 4) is 21.8 Å². The molecule has 0 unspecified atom stereocenters. The van der Waals surface area contributed by atoms with Gasteiger partial charge in [-0.1, -0.05) is 0 Å². The molecule has 0 aliphatic carbocycles. The molecule has 0 bridgehead atoms. The number of ether oxygens (including phenoxy) is 1. The summed E-state index contributed by atoms with van der Waals surface area (Å²) in [6, 6.07) is 8.43. The van der Waals surface area contributed by atoms with Gasteiger partial charge in [-0.15, -0.1) is 11.3 Å². The van der Waals surface area contributed by atoms with Crippen LogP contribution in [0.5, 0.6) is 0 Å². The van der Waals surface area contributed by atoms with E-state index in [0.717, 1.165) is 33.2 Å². The average Bonchev–Trinajstić information content (AvgIpc) is 3.19. The predicted molar refractivity (Wildman–Crippen MR) is 97.0 cm³/mol. The maximum Gasteiger partial charge on any atom is 0.307 e. The smallest absolute Gasteiger partial charge is 0.307 e. The van der Waals surface area contributed by atoms with Crippen LogP contribution in [-0.2, 0) is 16.1 Å². The zero-order valence-electron chi connectivity index (χ0n) is 14.4. The van der Waals surface area contributed by atoms with Crippen LogP contribution in [0.4, 0.5) is 4.39 Å². The Labute approximate surface area is 149 Å². The summed E-state index contributed by atoms with van der Waals surface area (Å²) in [5, 5.41) is 2.86. The number of methoxy groups -OCH3 is 1. The highest BCUT2D eigenvalue weighted by molar-refractivity contribution is 7.13. The lowest BCUT2D eigenvalue weighted by Gasteiger charge is -2.08. The number of carbonyl (C=O) groups excluding carboxylic acids is 1. The molecule has 3 aromatic rings. The summed E-state index contributed by atoms with van der Waals surface area (Å²) >= 11 is 1.53. The fourth-order valence-electron chi connectivity index (χ4n) is 2.83. The third-order valence-electron chi connectivity index (χ3n) is 4.21. The molecule has 0 saturated heterocycles. The maximum atomic E-state index is 13.1. The molecule has 0 N–H and O–H groups in total. The standard InChI is InChI=1S/C19H19FN2O2S/c1-12-10-16(13(2)22(12)9-8-18(23)24-3)17-11-25-19(21-17)14-4-6-15(20)7-5-14/h4-7,10-11H,8-9H2,1-3H3. The van der Waals surface area contributed by atoms with Gasteiger partial charge in [-0.3, -0.25) is 4.79 Å². The van der Waals surface area contributed by atoms with E-state index < -0.39 is 0 Å². The second-order valence-corrected chi connectivity index (χ2v) is 6.67. The van der Waals surface area contributed by atoms with Crippen molar-refractivity contribution in [3.05, 3.63) is 52.9 Å². The Bertz CT molecular complexity index is 897. The molecule has 0 fully saturated rings. The summed E-state index contributed by atoms with van der Waals surface area (Å²) in [7, 11) is 1.40. The monoisotopic (exact) mass is 358 g/mol. The van der Waals surface area contributed by atoms with Gasteiger partial charge >= 0.3 is 5.97 Å². The Morgan fingerprint density at radius 3 is 2.68 bits per heavy atom. The Morgan fingerprint density at radius 2 is 2.00 bits per heavy atom. The minimum Gasteiger partial charge on any atom is -0.469 e. The number of hydrogen-bond acceptors (Lipinski definition) is 4. The van der Waals surface area contributed by atoms with Crippen LogP contribution < -0.4 is 0 Å². The van der Waals surface area contributed by atoms with E-state index in [2.05, 4.69) is 10.6 Å². The van der Waals surface area contributed by atoms with Crippen LogP contribution in [0.3, 0.4) is 0 Å². The van der Waals surface area contributed by atoms with Crippen molar-refractivity contribution < 1.29 is 13.9 Å². The normalized spacial score (nSPS) is 10.9. The molecule has 0 atom stereocenters. The first-order valence-electron chi connectivity index (χ1n) is 7.95. The number of halogens is 1. The van der Waals surface area contributed by atoms with Gasteiger partial charge in [0.1, 0.15) is 10.8 Å². The van der Waals surface area contributed by atoms with Crippen LogP contribution in [0.1, 0.15) is 17.8 Å². The lowest BCUT2D eigenvalue weighted by atomic mass is 10.2. The molecular formula is C19H19FN2O2S. The maximum absolute atomic E-state index is 13.1. The van der Waals surface area contributed by atoms with E-state index in [4.69, 9.17) is 9.72 Å². The van der Waals surface area contributed by atoms with E-state index >= 15 is 0 Å². The molecule has 6 heteroatoms. The number of carbonyl (C=O) groups is 1. The van der Waals surface area contributed by atoms with Gasteiger partial charge in [-0.05, 0) is 44.2 Å². The van der Waals surface area contributed by atoms with Gasteiger partial charge in [0.2, 0.25) is 0 Å². The van der Waals surface area contributed by atoms with Crippen molar-refractivity contribution in [2.75, 3.05) is 7.11 Å². The lowest BCUT2D eigenvalue weighted by molar-refractivity contribution is -0.140. The molecule has 1 aromatic carbocycles. The van der Waals surface area contributed by atoms with Gasteiger partial charge in [0, 0.05) is 34.4 Å². The number of esters is 1. The van der Waals surface area contributed by atoms with Crippen molar-refractivity contribution in [1.29, 1.82) is 0 Å². The molecule has 25 heavy (non-hydrogen) atoms. The van der Waals surface area contributed by atoms with Crippen LogP contribution in [0.15, 0.2) is 35.7 Å². The molecule has 0 spiro atoms. The third kappa shape index (κ3) is 3.64. The van der Waals surface area contributed by atoms with Crippen LogP contribution in [0, 0.1) is 19.7 Å². The van der Waals surface area contributed by atoms with Gasteiger partial charge in [0.25, 0.3) is 0 Å². The highest BCUT2D eigenvalue weighted by Gasteiger charge is 2.15. The predicted octanol–water partition coefficient (Wildman–Crippen LogP) is 4.60. The summed E-state index contributed by atoms with van der Waals surface area (Å²) in [5.74, 6) is -0.476. The zero-order chi connectivity index (χ0) is 18.0. The van der Waals surface area contributed by atoms with Crippen molar-refractivity contribution in [2.45, 2.75) is 26.8 Å². The molecule has 130 valence electrons. The number of rotatable bonds is 5. The molecule has 0 amide bonds. The molecule has 0 radical (unpaired) electrons. The lowest BCUT2D eigenvalue weighted by Crippen LogP contribution is -2.09. The number of hydrogen-bond donors (Lipinski definition) is 0. The molecular weight excluding hydrogens is 339 g/mol. The molecule has 3 rings (SSSR count). The van der Waals surface area contributed by atoms with E-state index in [9.17, 15) is 9.18 Å². The quantitative estimate of drug-likeness (QED) is 0.626. The summed E-state index contributed by atoms with van der Waals surface area (Å²) in [6.45, 7) is 4.62. The number of nitrogens with zero attached hydrogens (tertiary/aromatic N) is 2. The SMILES string of the molecule is COC(=O)CCn1c(C)cc(-c2csc(-c3ccc(F)cc3)n2)c1C. The van der Waals surface area contributed by atoms with Crippen molar-refractivity contribution >= 4 is 17.3 Å². The highest BCUT2D eigenvalue weighted by atomic mass is 32.1. The minimum atomic E-state index is -0.255. The van der Waals surface area contributed by atoms with E-state index in [0.29, 0.717) is 13.0 Å². The number of benzene rings is 1. The summed E-state index contributed by atoms with van der Waals surface area (Å²) < 4.78 is 19.9. The van der Waals surface area contributed by atoms with Crippen LogP contribution in [0.2, 0.25) is 0 Å². The first-order chi connectivity index (χ1) is 12.0. The van der Waals surface area contributed by atoms with Crippen LogP contribution >= 0.6 is 11.3 Å². The topological polar surface area (TPSA) is 44.1 Å². The van der Waals surface area contributed by atoms with Gasteiger partial charge in [-0.25, -0.2) is 9.37 Å². The first-order valence-corrected chi connectivity index (χ1v) is 8.83. The molecule has 0 aliphatic rings. The second kappa shape index (κ2) is 7.19. The summed E-state index contributed by atoms with van der Waals surface area (Å²) in [5.41, 5.74) is 4.98. The Balaban J connectivity index is 1.87. The fourth-order valence-corrected chi connectivity index (χ4v) is 3.66. The number of aromatic nitrogens is 2. The van der Waals surface area contributed by atoms with Crippen LogP contribution in [-0.4, -0.2) is 22.6 Å². The molecule has 2 aromatic heterocycles. The van der Waals surface area contributed by atoms with Gasteiger partial charge < -0.3 is 9.30 Å². The van der Waals surface area contributed by atoms with Crippen LogP contribution in [0.25, 0.3) is 21.8 Å². The Hall–Kier alpha value is -2.47. The third-order valence-corrected chi connectivity index (χ3v) is 5.10. The molecule has 0 aliphatic heterocycles. The average molecular weight is 358 g/mol. The largest absolute Gasteiger partial charge is 0.469 e. The van der Waals surface area contributed by atoms with E-state index in [1.165, 1.54) is 30.6 Å². The summed E-state index contributed by atoms with van der Waals surface area (Å²) in [6.07, 6.45) is 0.337. The van der Waals surface area contributed by atoms with E-state index in [-0.39, 0.29) is 11.8 Å². The molecule has 2 heterocycles. The fraction of sp³-hybridized carbons (Fsp3) is 0.263. The zero-order valence-corrected chi connectivity index (χ0v) is 15.2. The van der Waals surface area contributed by atoms with Crippen molar-refractivity contribution in [2.24, 2.45) is 0 Å². The van der Waals surface area contributed by atoms with Gasteiger partial charge in [0.15, 0.2) is 0 Å². The van der Waals surface area contributed by atoms with Gasteiger partial charge in [-0.2, -0.15) is 0 Å². The Kier molecular flexibility index (Phi) is 4.99. The number of thiazole rings is 1. The highest BCUT2D eigenvalue weighted by Crippen LogP contribution is 2.32. The molecule has 0 saturated carbocycles. The van der Waals surface area contributed by atoms with E-state index in [1.807, 2.05) is 19.2 Å². The molecule has 4 nitrogen and oxygen atoms in total. The van der Waals surface area contributed by atoms with Crippen molar-refractivity contribution in [3.63, 3.8) is 0 Å². The Morgan fingerprint density at radius 1 is 1.28 bits per heavy atom. The summed E-state index contributed by atoms with van der Waals surface area (Å²) in [4.78, 5) is 16.1. The first kappa shape index (κ1) is 17.4. The van der Waals surface area contributed by atoms with Gasteiger partial charge in [0.05, 0.1) is 19.2 Å². The second-order valence-electron chi connectivity index (χ2n) is 5.81. The van der Waals surface area contributed by atoms with E-state index in [1.54, 1.807) is 12.1 Å².